The number of carbonyl (C=O) groups is 2. The summed E-state index contributed by atoms with van der Waals surface area (Å²) in [6, 6.07) is 6.52. The molecule has 136 valence electrons. The van der Waals surface area contributed by atoms with Crippen LogP contribution in [-0.2, 0) is 9.53 Å². The van der Waals surface area contributed by atoms with Crippen molar-refractivity contribution in [2.24, 2.45) is 0 Å². The number of nitrogens with zero attached hydrogens (tertiary/aromatic N) is 2. The van der Waals surface area contributed by atoms with Crippen molar-refractivity contribution in [1.82, 2.24) is 4.98 Å². The predicted molar refractivity (Wildman–Crippen MR) is 92.4 cm³/mol. The van der Waals surface area contributed by atoms with Gasteiger partial charge < -0.3 is 14.8 Å². The van der Waals surface area contributed by atoms with E-state index >= 15 is 0 Å². The summed E-state index contributed by atoms with van der Waals surface area (Å²) in [5.74, 6) is -1.31. The van der Waals surface area contributed by atoms with Crippen LogP contribution in [0.3, 0.4) is 0 Å². The maximum Gasteiger partial charge on any atom is 0.357 e. The van der Waals surface area contributed by atoms with Gasteiger partial charge in [-0.2, -0.15) is 0 Å². The average molecular weight is 380 g/mol. The number of nitro benzene ring substituents is 1. The molecule has 0 saturated carbocycles. The summed E-state index contributed by atoms with van der Waals surface area (Å²) in [5, 5.41) is 13.6. The Kier molecular flexibility index (Phi) is 6.07. The molecule has 1 atom stereocenters. The Morgan fingerprint density at radius 3 is 2.65 bits per heavy atom. The lowest BCUT2D eigenvalue weighted by atomic mass is 10.2. The predicted octanol–water partition coefficient (Wildman–Crippen LogP) is 2.84. The number of anilines is 1. The fraction of sp³-hybridized carbons (Fsp3) is 0.188. The number of hydrogen-bond acceptors (Lipinski definition) is 7. The van der Waals surface area contributed by atoms with Gasteiger partial charge in [-0.25, -0.2) is 9.78 Å². The monoisotopic (exact) mass is 379 g/mol. The number of ether oxygens (including phenoxy) is 2. The van der Waals surface area contributed by atoms with Gasteiger partial charge in [-0.15, -0.1) is 0 Å². The van der Waals surface area contributed by atoms with Crippen molar-refractivity contribution in [3.05, 3.63) is 57.4 Å². The van der Waals surface area contributed by atoms with Crippen molar-refractivity contribution < 1.29 is 24.0 Å². The third-order valence-corrected chi connectivity index (χ3v) is 3.47. The lowest BCUT2D eigenvalue weighted by molar-refractivity contribution is -0.384. The number of nitrogens with one attached hydrogen (secondary N) is 1. The first kappa shape index (κ1) is 19.1. The molecule has 9 nitrogen and oxygen atoms in total. The van der Waals surface area contributed by atoms with Gasteiger partial charge in [0.15, 0.2) is 6.10 Å². The van der Waals surface area contributed by atoms with E-state index in [1.807, 2.05) is 0 Å². The van der Waals surface area contributed by atoms with Crippen molar-refractivity contribution in [3.8, 4) is 5.75 Å². The lowest BCUT2D eigenvalue weighted by Crippen LogP contribution is -2.30. The minimum Gasteiger partial charge on any atom is -0.495 e. The van der Waals surface area contributed by atoms with Crippen molar-refractivity contribution >= 4 is 34.9 Å². The average Bonchev–Trinajstić information content (AvgIpc) is 2.61. The van der Waals surface area contributed by atoms with Gasteiger partial charge in [-0.05, 0) is 25.1 Å². The maximum atomic E-state index is 12.2. The molecule has 1 heterocycles. The van der Waals surface area contributed by atoms with Gasteiger partial charge in [0.05, 0.1) is 17.7 Å². The summed E-state index contributed by atoms with van der Waals surface area (Å²) < 4.78 is 10.1. The van der Waals surface area contributed by atoms with Gasteiger partial charge in [0, 0.05) is 23.4 Å². The van der Waals surface area contributed by atoms with Crippen molar-refractivity contribution in [2.75, 3.05) is 12.4 Å². The van der Waals surface area contributed by atoms with Gasteiger partial charge in [0.25, 0.3) is 11.6 Å². The molecule has 1 aromatic heterocycles. The van der Waals surface area contributed by atoms with Crippen LogP contribution in [0.4, 0.5) is 11.4 Å². The molecule has 0 spiro atoms. The number of amides is 1. The highest BCUT2D eigenvalue weighted by Crippen LogP contribution is 2.29. The number of halogens is 1. The van der Waals surface area contributed by atoms with Crippen LogP contribution in [0, 0.1) is 10.1 Å². The van der Waals surface area contributed by atoms with Crippen LogP contribution in [0.15, 0.2) is 36.5 Å². The van der Waals surface area contributed by atoms with E-state index in [1.165, 1.54) is 44.5 Å². The first-order valence-electron chi connectivity index (χ1n) is 7.27. The van der Waals surface area contributed by atoms with Crippen LogP contribution in [0.5, 0.6) is 5.75 Å². The van der Waals surface area contributed by atoms with E-state index in [4.69, 9.17) is 21.1 Å². The van der Waals surface area contributed by atoms with Crippen molar-refractivity contribution in [1.29, 1.82) is 0 Å². The molecule has 0 radical (unpaired) electrons. The number of aromatic nitrogens is 1. The molecule has 10 heteroatoms. The first-order chi connectivity index (χ1) is 12.3. The number of esters is 1. The molecule has 0 unspecified atom stereocenters. The Bertz CT molecular complexity index is 858. The van der Waals surface area contributed by atoms with Crippen LogP contribution < -0.4 is 10.1 Å². The molecule has 1 amide bonds. The third-order valence-electron chi connectivity index (χ3n) is 3.24. The molecule has 0 aliphatic heterocycles. The van der Waals surface area contributed by atoms with E-state index in [-0.39, 0.29) is 22.8 Å². The molecular formula is C16H14ClN3O6. The largest absolute Gasteiger partial charge is 0.495 e. The van der Waals surface area contributed by atoms with Gasteiger partial charge in [-0.3, -0.25) is 14.9 Å². The molecule has 2 aromatic rings. The van der Waals surface area contributed by atoms with Crippen molar-refractivity contribution in [2.45, 2.75) is 13.0 Å². The first-order valence-corrected chi connectivity index (χ1v) is 7.65. The van der Waals surface area contributed by atoms with Gasteiger partial charge in [0.1, 0.15) is 11.4 Å². The number of carbonyl (C=O) groups excluding carboxylic acids is 2. The second-order valence-electron chi connectivity index (χ2n) is 5.04. The van der Waals surface area contributed by atoms with E-state index < -0.39 is 22.9 Å². The standard InChI is InChI=1S/C16H14ClN3O6/c1-9(26-16(22)13-7-10(17)5-6-18-13)15(21)19-12-8-11(20(23)24)3-4-14(12)25-2/h3-9H,1-2H3,(H,19,21)/t9-/m1/s1. The SMILES string of the molecule is COc1ccc([N+](=O)[O-])cc1NC(=O)[C@@H](C)OC(=O)c1cc(Cl)ccn1. The minimum absolute atomic E-state index is 0.0509. The number of nitro groups is 1. The Labute approximate surface area is 153 Å². The fourth-order valence-corrected chi connectivity index (χ4v) is 2.09. The van der Waals surface area contributed by atoms with Gasteiger partial charge in [-0.1, -0.05) is 11.6 Å². The van der Waals surface area contributed by atoms with E-state index in [0.717, 1.165) is 6.07 Å². The van der Waals surface area contributed by atoms with Crippen LogP contribution >= 0.6 is 11.6 Å². The second-order valence-corrected chi connectivity index (χ2v) is 5.47. The fourth-order valence-electron chi connectivity index (χ4n) is 1.93. The van der Waals surface area contributed by atoms with Crippen LogP contribution in [0.2, 0.25) is 5.02 Å². The quantitative estimate of drug-likeness (QED) is 0.465. The second kappa shape index (κ2) is 8.26. The minimum atomic E-state index is -1.19. The molecule has 26 heavy (non-hydrogen) atoms. The summed E-state index contributed by atoms with van der Waals surface area (Å²) in [6.07, 6.45) is 0.143. The molecule has 0 aliphatic rings. The summed E-state index contributed by atoms with van der Waals surface area (Å²) in [5.41, 5.74) is -0.200. The molecule has 0 bridgehead atoms. The maximum absolute atomic E-state index is 12.2. The summed E-state index contributed by atoms with van der Waals surface area (Å²) in [7, 11) is 1.35. The molecule has 2 rings (SSSR count). The van der Waals surface area contributed by atoms with E-state index in [2.05, 4.69) is 10.3 Å². The van der Waals surface area contributed by atoms with Crippen LogP contribution in [-0.4, -0.2) is 35.0 Å². The summed E-state index contributed by atoms with van der Waals surface area (Å²) in [6.45, 7) is 1.35. The molecule has 1 N–H and O–H groups in total. The number of benzene rings is 1. The Morgan fingerprint density at radius 2 is 2.04 bits per heavy atom. The van der Waals surface area contributed by atoms with E-state index in [0.29, 0.717) is 5.02 Å². The zero-order valence-corrected chi connectivity index (χ0v) is 14.5. The number of hydrogen-bond donors (Lipinski definition) is 1. The van der Waals surface area contributed by atoms with Crippen LogP contribution in [0.25, 0.3) is 0 Å². The Hall–Kier alpha value is -3.20. The summed E-state index contributed by atoms with van der Waals surface area (Å²) in [4.78, 5) is 38.3. The normalized spacial score (nSPS) is 11.3. The Balaban J connectivity index is 2.10. The topological polar surface area (TPSA) is 121 Å². The van der Waals surface area contributed by atoms with Gasteiger partial charge >= 0.3 is 5.97 Å². The van der Waals surface area contributed by atoms with E-state index in [1.54, 1.807) is 0 Å². The Morgan fingerprint density at radius 1 is 1.31 bits per heavy atom. The molecule has 0 aliphatic carbocycles. The lowest BCUT2D eigenvalue weighted by Gasteiger charge is -2.15. The van der Waals surface area contributed by atoms with Gasteiger partial charge in [0.2, 0.25) is 0 Å². The highest BCUT2D eigenvalue weighted by molar-refractivity contribution is 6.30. The van der Waals surface area contributed by atoms with Crippen molar-refractivity contribution in [3.63, 3.8) is 0 Å². The van der Waals surface area contributed by atoms with E-state index in [9.17, 15) is 19.7 Å². The molecule has 1 aromatic carbocycles. The smallest absolute Gasteiger partial charge is 0.357 e. The molecule has 0 saturated heterocycles. The zero-order chi connectivity index (χ0) is 19.3. The number of non-ortho nitro benzene ring substituents is 1. The highest BCUT2D eigenvalue weighted by Gasteiger charge is 2.22. The number of pyridine rings is 1. The van der Waals surface area contributed by atoms with Crippen LogP contribution in [0.1, 0.15) is 17.4 Å². The third kappa shape index (κ3) is 4.67. The molecular weight excluding hydrogens is 366 g/mol. The zero-order valence-electron chi connectivity index (χ0n) is 13.8. The number of rotatable bonds is 6. The highest BCUT2D eigenvalue weighted by atomic mass is 35.5. The number of methoxy groups -OCH3 is 1. The molecule has 0 fully saturated rings. The summed E-state index contributed by atoms with van der Waals surface area (Å²) >= 11 is 5.77.